The number of halogens is 1. The minimum atomic E-state index is -0.677. The van der Waals surface area contributed by atoms with Gasteiger partial charge in [0.2, 0.25) is 5.89 Å². The van der Waals surface area contributed by atoms with Crippen LogP contribution in [0.5, 0.6) is 5.75 Å². The van der Waals surface area contributed by atoms with E-state index in [2.05, 4.69) is 15.5 Å². The molecule has 1 amide bonds. The van der Waals surface area contributed by atoms with Crippen LogP contribution in [0.2, 0.25) is 0 Å². The lowest BCUT2D eigenvalue weighted by Gasteiger charge is -2.04. The molecule has 1 saturated carbocycles. The Kier molecular flexibility index (Phi) is 3.09. The van der Waals surface area contributed by atoms with Crippen molar-refractivity contribution in [3.63, 3.8) is 0 Å². The molecule has 1 aromatic heterocycles. The molecular formula is C13H12FN3O3. The lowest BCUT2D eigenvalue weighted by atomic mass is 10.2. The Labute approximate surface area is 113 Å². The number of nitrogens with one attached hydrogen (secondary N) is 1. The Morgan fingerprint density at radius 2 is 2.25 bits per heavy atom. The number of benzene rings is 1. The third-order valence-electron chi connectivity index (χ3n) is 3.01. The van der Waals surface area contributed by atoms with Crippen molar-refractivity contribution in [2.75, 3.05) is 12.4 Å². The minimum absolute atomic E-state index is 0.0212. The second-order valence-electron chi connectivity index (χ2n) is 4.52. The van der Waals surface area contributed by atoms with Crippen molar-refractivity contribution in [3.8, 4) is 5.75 Å². The summed E-state index contributed by atoms with van der Waals surface area (Å²) in [6, 6.07) is 3.95. The highest BCUT2D eigenvalue weighted by Crippen LogP contribution is 2.39. The van der Waals surface area contributed by atoms with E-state index in [1.54, 1.807) is 0 Å². The molecule has 0 saturated heterocycles. The number of hydrogen-bond donors (Lipinski definition) is 1. The predicted octanol–water partition coefficient (Wildman–Crippen LogP) is 2.35. The zero-order valence-corrected chi connectivity index (χ0v) is 10.7. The molecule has 3 rings (SSSR count). The molecule has 1 heterocycles. The monoisotopic (exact) mass is 277 g/mol. The van der Waals surface area contributed by atoms with Gasteiger partial charge < -0.3 is 9.15 Å². The summed E-state index contributed by atoms with van der Waals surface area (Å²) in [7, 11) is 1.42. The van der Waals surface area contributed by atoms with E-state index in [0.29, 0.717) is 17.6 Å². The highest BCUT2D eigenvalue weighted by atomic mass is 19.1. The molecule has 20 heavy (non-hydrogen) atoms. The molecule has 1 aliphatic rings. The third-order valence-corrected chi connectivity index (χ3v) is 3.01. The number of ether oxygens (including phenoxy) is 1. The van der Waals surface area contributed by atoms with Crippen LogP contribution in [0.1, 0.15) is 35.0 Å². The third kappa shape index (κ3) is 2.47. The Morgan fingerprint density at radius 3 is 2.90 bits per heavy atom. The standard InChI is InChI=1S/C13H12FN3O3/c1-19-8-4-5-9(10(14)6-8)11(18)15-13-17-16-12(20-13)7-2-3-7/h4-7H,2-3H2,1H3,(H,15,17,18). The number of aromatic nitrogens is 2. The number of anilines is 1. The molecule has 1 aliphatic carbocycles. The molecule has 1 N–H and O–H groups in total. The van der Waals surface area contributed by atoms with Gasteiger partial charge in [0.25, 0.3) is 5.91 Å². The molecule has 0 aliphatic heterocycles. The number of hydrogen-bond acceptors (Lipinski definition) is 5. The van der Waals surface area contributed by atoms with E-state index in [9.17, 15) is 9.18 Å². The Balaban J connectivity index is 1.74. The summed E-state index contributed by atoms with van der Waals surface area (Å²) < 4.78 is 23.9. The maximum atomic E-state index is 13.7. The summed E-state index contributed by atoms with van der Waals surface area (Å²) in [5.74, 6) is -0.172. The molecule has 0 unspecified atom stereocenters. The van der Waals surface area contributed by atoms with Crippen molar-refractivity contribution >= 4 is 11.9 Å². The molecule has 104 valence electrons. The number of carbonyl (C=O) groups excluding carboxylic acids is 1. The van der Waals surface area contributed by atoms with Gasteiger partial charge in [-0.15, -0.1) is 5.10 Å². The van der Waals surface area contributed by atoms with Crippen LogP contribution < -0.4 is 10.1 Å². The first-order chi connectivity index (χ1) is 9.67. The van der Waals surface area contributed by atoms with Crippen LogP contribution in [0.15, 0.2) is 22.6 Å². The quantitative estimate of drug-likeness (QED) is 0.928. The molecule has 0 radical (unpaired) electrons. The summed E-state index contributed by atoms with van der Waals surface area (Å²) in [4.78, 5) is 11.9. The van der Waals surface area contributed by atoms with Crippen molar-refractivity contribution < 1.29 is 18.3 Å². The first kappa shape index (κ1) is 12.6. The molecule has 0 bridgehead atoms. The molecule has 2 aromatic rings. The van der Waals surface area contributed by atoms with Gasteiger partial charge >= 0.3 is 6.01 Å². The Morgan fingerprint density at radius 1 is 1.45 bits per heavy atom. The van der Waals surface area contributed by atoms with Crippen LogP contribution in [0.25, 0.3) is 0 Å². The number of nitrogens with zero attached hydrogens (tertiary/aromatic N) is 2. The van der Waals surface area contributed by atoms with Gasteiger partial charge in [-0.2, -0.15) is 0 Å². The van der Waals surface area contributed by atoms with Crippen LogP contribution in [0.4, 0.5) is 10.4 Å². The fraction of sp³-hybridized carbons (Fsp3) is 0.308. The smallest absolute Gasteiger partial charge is 0.322 e. The van der Waals surface area contributed by atoms with Gasteiger partial charge in [-0.25, -0.2) is 4.39 Å². The maximum absolute atomic E-state index is 13.7. The lowest BCUT2D eigenvalue weighted by molar-refractivity contribution is 0.102. The van der Waals surface area contributed by atoms with Crippen molar-refractivity contribution in [1.82, 2.24) is 10.2 Å². The topological polar surface area (TPSA) is 77.2 Å². The number of amides is 1. The fourth-order valence-corrected chi connectivity index (χ4v) is 1.75. The van der Waals surface area contributed by atoms with E-state index in [0.717, 1.165) is 18.9 Å². The summed E-state index contributed by atoms with van der Waals surface area (Å²) in [5, 5.41) is 9.92. The SMILES string of the molecule is COc1ccc(C(=O)Nc2nnc(C3CC3)o2)c(F)c1. The Hall–Kier alpha value is -2.44. The van der Waals surface area contributed by atoms with Crippen molar-refractivity contribution in [2.45, 2.75) is 18.8 Å². The number of methoxy groups -OCH3 is 1. The summed E-state index contributed by atoms with van der Waals surface area (Å²) in [6.07, 6.45) is 2.03. The van der Waals surface area contributed by atoms with Crippen LogP contribution in [0.3, 0.4) is 0 Å². The van der Waals surface area contributed by atoms with Gasteiger partial charge in [0.1, 0.15) is 11.6 Å². The molecule has 1 aromatic carbocycles. The molecule has 6 nitrogen and oxygen atoms in total. The van der Waals surface area contributed by atoms with E-state index in [4.69, 9.17) is 9.15 Å². The number of rotatable bonds is 4. The van der Waals surface area contributed by atoms with E-state index in [1.807, 2.05) is 0 Å². The first-order valence-corrected chi connectivity index (χ1v) is 6.15. The normalized spacial score (nSPS) is 14.1. The van der Waals surface area contributed by atoms with E-state index < -0.39 is 11.7 Å². The second kappa shape index (κ2) is 4.92. The maximum Gasteiger partial charge on any atom is 0.322 e. The van der Waals surface area contributed by atoms with Crippen LogP contribution >= 0.6 is 0 Å². The summed E-state index contributed by atoms with van der Waals surface area (Å²) in [6.45, 7) is 0. The number of carbonyl (C=O) groups is 1. The van der Waals surface area contributed by atoms with E-state index >= 15 is 0 Å². The highest BCUT2D eigenvalue weighted by molar-refractivity contribution is 6.03. The van der Waals surface area contributed by atoms with Gasteiger partial charge in [-0.05, 0) is 25.0 Å². The van der Waals surface area contributed by atoms with Crippen molar-refractivity contribution in [1.29, 1.82) is 0 Å². The van der Waals surface area contributed by atoms with Gasteiger partial charge in [-0.1, -0.05) is 5.10 Å². The van der Waals surface area contributed by atoms with Gasteiger partial charge in [0.15, 0.2) is 0 Å². The highest BCUT2D eigenvalue weighted by Gasteiger charge is 2.29. The summed E-state index contributed by atoms with van der Waals surface area (Å²) >= 11 is 0. The average molecular weight is 277 g/mol. The van der Waals surface area contributed by atoms with Crippen molar-refractivity contribution in [2.24, 2.45) is 0 Å². The van der Waals surface area contributed by atoms with Crippen LogP contribution in [-0.2, 0) is 0 Å². The zero-order valence-electron chi connectivity index (χ0n) is 10.7. The largest absolute Gasteiger partial charge is 0.497 e. The lowest BCUT2D eigenvalue weighted by Crippen LogP contribution is -2.14. The van der Waals surface area contributed by atoms with Crippen molar-refractivity contribution in [3.05, 3.63) is 35.5 Å². The van der Waals surface area contributed by atoms with Gasteiger partial charge in [-0.3, -0.25) is 10.1 Å². The average Bonchev–Trinajstić information content (AvgIpc) is 3.19. The predicted molar refractivity (Wildman–Crippen MR) is 67.2 cm³/mol. The zero-order chi connectivity index (χ0) is 14.1. The molecule has 1 fully saturated rings. The minimum Gasteiger partial charge on any atom is -0.497 e. The molecule has 0 atom stereocenters. The molecule has 0 spiro atoms. The van der Waals surface area contributed by atoms with E-state index in [1.165, 1.54) is 19.2 Å². The van der Waals surface area contributed by atoms with E-state index in [-0.39, 0.29) is 11.6 Å². The van der Waals surface area contributed by atoms with Gasteiger partial charge in [0.05, 0.1) is 12.7 Å². The van der Waals surface area contributed by atoms with Crippen LogP contribution in [-0.4, -0.2) is 23.2 Å². The Bertz CT molecular complexity index is 652. The first-order valence-electron chi connectivity index (χ1n) is 6.15. The van der Waals surface area contributed by atoms with Gasteiger partial charge in [0, 0.05) is 12.0 Å². The second-order valence-corrected chi connectivity index (χ2v) is 4.52. The summed E-state index contributed by atoms with van der Waals surface area (Å²) in [5.41, 5.74) is -0.114. The molecule has 7 heteroatoms. The molecular weight excluding hydrogens is 265 g/mol. The fourth-order valence-electron chi connectivity index (χ4n) is 1.75. The van der Waals surface area contributed by atoms with Crippen LogP contribution in [0, 0.1) is 5.82 Å².